The predicted molar refractivity (Wildman–Crippen MR) is 89.8 cm³/mol. The highest BCUT2D eigenvalue weighted by molar-refractivity contribution is 7.14. The lowest BCUT2D eigenvalue weighted by Gasteiger charge is -2.37. The van der Waals surface area contributed by atoms with Crippen molar-refractivity contribution in [2.24, 2.45) is 0 Å². The van der Waals surface area contributed by atoms with E-state index in [2.05, 4.69) is 34.0 Å². The topological polar surface area (TPSA) is 36.4 Å². The fourth-order valence-corrected chi connectivity index (χ4v) is 4.55. The van der Waals surface area contributed by atoms with Crippen molar-refractivity contribution in [3.8, 4) is 10.6 Å². The molecule has 3 nitrogen and oxygen atoms in total. The number of aromatic nitrogens is 1. The summed E-state index contributed by atoms with van der Waals surface area (Å²) in [4.78, 5) is 7.19. The van der Waals surface area contributed by atoms with Crippen LogP contribution in [0.3, 0.4) is 0 Å². The number of aliphatic hydroxyl groups is 1. The van der Waals surface area contributed by atoms with Crippen LogP contribution in [0.15, 0.2) is 22.2 Å². The molecule has 0 amide bonds. The van der Waals surface area contributed by atoms with Crippen LogP contribution in [0, 0.1) is 0 Å². The van der Waals surface area contributed by atoms with Gasteiger partial charge in [-0.25, -0.2) is 4.98 Å². The van der Waals surface area contributed by atoms with E-state index in [0.717, 1.165) is 36.6 Å². The minimum atomic E-state index is -0.208. The van der Waals surface area contributed by atoms with Crippen LogP contribution < -0.4 is 0 Å². The molecule has 2 aromatic heterocycles. The van der Waals surface area contributed by atoms with Crippen LogP contribution in [0.4, 0.5) is 0 Å². The predicted octanol–water partition coefficient (Wildman–Crippen LogP) is 4.00. The van der Waals surface area contributed by atoms with Gasteiger partial charge in [0, 0.05) is 28.9 Å². The van der Waals surface area contributed by atoms with E-state index < -0.39 is 0 Å². The highest BCUT2D eigenvalue weighted by atomic mass is 32.1. The van der Waals surface area contributed by atoms with Gasteiger partial charge in [-0.3, -0.25) is 4.90 Å². The second-order valence-corrected chi connectivity index (χ2v) is 7.30. The Morgan fingerprint density at radius 2 is 2.33 bits per heavy atom. The van der Waals surface area contributed by atoms with Crippen LogP contribution in [0.1, 0.15) is 38.3 Å². The molecule has 3 rings (SSSR count). The maximum absolute atomic E-state index is 10.2. The van der Waals surface area contributed by atoms with Gasteiger partial charge in [0.15, 0.2) is 0 Å². The van der Waals surface area contributed by atoms with Gasteiger partial charge in [-0.05, 0) is 37.3 Å². The number of rotatable bonds is 5. The van der Waals surface area contributed by atoms with Crippen molar-refractivity contribution in [1.82, 2.24) is 9.88 Å². The second kappa shape index (κ2) is 7.01. The van der Waals surface area contributed by atoms with Gasteiger partial charge in [-0.15, -0.1) is 11.3 Å². The quantitative estimate of drug-likeness (QED) is 0.904. The Bertz CT molecular complexity index is 552. The molecule has 0 spiro atoms. The summed E-state index contributed by atoms with van der Waals surface area (Å²) in [6.45, 7) is 4.00. The van der Waals surface area contributed by atoms with Gasteiger partial charge < -0.3 is 5.11 Å². The van der Waals surface area contributed by atoms with Crippen LogP contribution in [-0.2, 0) is 6.54 Å². The molecular formula is C16H22N2OS2. The Morgan fingerprint density at radius 3 is 3.10 bits per heavy atom. The van der Waals surface area contributed by atoms with E-state index in [-0.39, 0.29) is 6.10 Å². The summed E-state index contributed by atoms with van der Waals surface area (Å²) in [5.41, 5.74) is 2.36. The molecule has 3 heterocycles. The van der Waals surface area contributed by atoms with Crippen molar-refractivity contribution in [2.45, 2.75) is 51.3 Å². The Balaban J connectivity index is 1.70. The average molecular weight is 322 g/mol. The van der Waals surface area contributed by atoms with Gasteiger partial charge in [0.05, 0.1) is 11.8 Å². The van der Waals surface area contributed by atoms with Crippen LogP contribution in [0.2, 0.25) is 0 Å². The van der Waals surface area contributed by atoms with Crippen molar-refractivity contribution in [3.05, 3.63) is 27.9 Å². The molecule has 0 radical (unpaired) electrons. The van der Waals surface area contributed by atoms with Crippen LogP contribution in [0.5, 0.6) is 0 Å². The molecule has 1 saturated heterocycles. The zero-order valence-corrected chi connectivity index (χ0v) is 14.0. The first-order valence-electron chi connectivity index (χ1n) is 7.67. The van der Waals surface area contributed by atoms with Gasteiger partial charge >= 0.3 is 0 Å². The molecule has 1 aliphatic heterocycles. The number of nitrogens with zero attached hydrogens (tertiary/aromatic N) is 2. The first kappa shape index (κ1) is 15.2. The standard InChI is InChI=1S/C16H22N2OS2/c1-2-15(19)14-5-3-4-7-18(14)9-13-11-21-16(17-13)12-6-8-20-10-12/h6,8,10-11,14-15,19H,2-5,7,9H2,1H3. The number of aliphatic hydroxyl groups excluding tert-OH is 1. The lowest BCUT2D eigenvalue weighted by molar-refractivity contribution is 0.0190. The summed E-state index contributed by atoms with van der Waals surface area (Å²) >= 11 is 3.43. The maximum Gasteiger partial charge on any atom is 0.124 e. The Morgan fingerprint density at radius 1 is 1.43 bits per heavy atom. The number of hydrogen-bond acceptors (Lipinski definition) is 5. The summed E-state index contributed by atoms with van der Waals surface area (Å²) in [6.07, 6.45) is 4.19. The van der Waals surface area contributed by atoms with Crippen molar-refractivity contribution < 1.29 is 5.11 Å². The van der Waals surface area contributed by atoms with E-state index in [0.29, 0.717) is 6.04 Å². The first-order chi connectivity index (χ1) is 10.3. The van der Waals surface area contributed by atoms with Crippen molar-refractivity contribution in [3.63, 3.8) is 0 Å². The zero-order chi connectivity index (χ0) is 14.7. The first-order valence-corrected chi connectivity index (χ1v) is 9.49. The molecule has 0 aliphatic carbocycles. The zero-order valence-electron chi connectivity index (χ0n) is 12.4. The van der Waals surface area contributed by atoms with Crippen LogP contribution in [0.25, 0.3) is 10.6 Å². The van der Waals surface area contributed by atoms with Gasteiger partial charge in [-0.1, -0.05) is 13.3 Å². The largest absolute Gasteiger partial charge is 0.392 e. The highest BCUT2D eigenvalue weighted by Gasteiger charge is 2.28. The molecular weight excluding hydrogens is 300 g/mol. The van der Waals surface area contributed by atoms with Gasteiger partial charge in [0.2, 0.25) is 0 Å². The molecule has 2 unspecified atom stereocenters. The lowest BCUT2D eigenvalue weighted by Crippen LogP contribution is -2.46. The minimum absolute atomic E-state index is 0.208. The third-order valence-corrected chi connectivity index (χ3v) is 5.84. The van der Waals surface area contributed by atoms with Gasteiger partial charge in [0.1, 0.15) is 5.01 Å². The number of likely N-dealkylation sites (tertiary alicyclic amines) is 1. The molecule has 5 heteroatoms. The number of piperidine rings is 1. The van der Waals surface area contributed by atoms with E-state index in [1.807, 2.05) is 0 Å². The summed E-state index contributed by atoms with van der Waals surface area (Å²) in [5.74, 6) is 0. The average Bonchev–Trinajstić information content (AvgIpc) is 3.18. The Hall–Kier alpha value is -0.750. The van der Waals surface area contributed by atoms with Crippen molar-refractivity contribution >= 4 is 22.7 Å². The van der Waals surface area contributed by atoms with Crippen LogP contribution in [-0.4, -0.2) is 33.7 Å². The summed E-state index contributed by atoms with van der Waals surface area (Å²) in [6, 6.07) is 2.42. The fraction of sp³-hybridized carbons (Fsp3) is 0.562. The molecule has 2 atom stereocenters. The van der Waals surface area contributed by atoms with Gasteiger partial charge in [-0.2, -0.15) is 11.3 Å². The number of thiazole rings is 1. The highest BCUT2D eigenvalue weighted by Crippen LogP contribution is 2.28. The molecule has 1 N–H and O–H groups in total. The second-order valence-electron chi connectivity index (χ2n) is 5.67. The molecule has 21 heavy (non-hydrogen) atoms. The van der Waals surface area contributed by atoms with E-state index >= 15 is 0 Å². The Labute approximate surface area is 134 Å². The molecule has 0 bridgehead atoms. The minimum Gasteiger partial charge on any atom is -0.392 e. The van der Waals surface area contributed by atoms with E-state index in [9.17, 15) is 5.11 Å². The molecule has 1 fully saturated rings. The smallest absolute Gasteiger partial charge is 0.124 e. The third-order valence-electron chi connectivity index (χ3n) is 4.21. The molecule has 0 saturated carbocycles. The summed E-state index contributed by atoms with van der Waals surface area (Å²) < 4.78 is 0. The van der Waals surface area contributed by atoms with Crippen molar-refractivity contribution in [2.75, 3.05) is 6.54 Å². The molecule has 114 valence electrons. The molecule has 2 aromatic rings. The number of hydrogen-bond donors (Lipinski definition) is 1. The Kier molecular flexibility index (Phi) is 5.06. The SMILES string of the molecule is CCC(O)C1CCCCN1Cc1csc(-c2ccsc2)n1. The molecule has 1 aliphatic rings. The normalized spacial score (nSPS) is 21.5. The van der Waals surface area contributed by atoms with E-state index in [1.165, 1.54) is 18.4 Å². The van der Waals surface area contributed by atoms with E-state index in [4.69, 9.17) is 4.98 Å². The van der Waals surface area contributed by atoms with E-state index in [1.54, 1.807) is 22.7 Å². The fourth-order valence-electron chi connectivity index (χ4n) is 3.03. The van der Waals surface area contributed by atoms with Crippen LogP contribution >= 0.6 is 22.7 Å². The molecule has 0 aromatic carbocycles. The van der Waals surface area contributed by atoms with Gasteiger partial charge in [0.25, 0.3) is 0 Å². The third kappa shape index (κ3) is 3.54. The lowest BCUT2D eigenvalue weighted by atomic mass is 9.96. The monoisotopic (exact) mass is 322 g/mol. The summed E-state index contributed by atoms with van der Waals surface area (Å²) in [5, 5.41) is 17.7. The number of thiophene rings is 1. The summed E-state index contributed by atoms with van der Waals surface area (Å²) in [7, 11) is 0. The van der Waals surface area contributed by atoms with Crippen molar-refractivity contribution in [1.29, 1.82) is 0 Å². The maximum atomic E-state index is 10.2.